The molecule has 0 radical (unpaired) electrons. The third-order valence-electron chi connectivity index (χ3n) is 12.9. The zero-order valence-corrected chi connectivity index (χ0v) is 28.0. The van der Waals surface area contributed by atoms with Crippen LogP contribution in [0.5, 0.6) is 0 Å². The number of carbonyl (C=O) groups excluding carboxylic acids is 4. The van der Waals surface area contributed by atoms with Crippen LogP contribution in [0.3, 0.4) is 0 Å². The highest BCUT2D eigenvalue weighted by molar-refractivity contribution is 7.09. The lowest BCUT2D eigenvalue weighted by Crippen LogP contribution is -3.14. The average Bonchev–Trinajstić information content (AvgIpc) is 3.53. The second-order valence-electron chi connectivity index (χ2n) is 14.9. The van der Waals surface area contributed by atoms with Crippen molar-refractivity contribution in [2.24, 2.45) is 58.7 Å². The molecule has 0 aromatic carbocycles. The van der Waals surface area contributed by atoms with Gasteiger partial charge in [-0.1, -0.05) is 47.1 Å². The molecule has 6 aliphatic rings. The molecule has 4 atom stereocenters. The van der Waals surface area contributed by atoms with Crippen LogP contribution >= 0.6 is 11.3 Å². The summed E-state index contributed by atoms with van der Waals surface area (Å²) < 4.78 is 5.79. The predicted molar refractivity (Wildman–Crippen MR) is 168 cm³/mol. The van der Waals surface area contributed by atoms with E-state index in [9.17, 15) is 19.2 Å². The van der Waals surface area contributed by atoms with Crippen molar-refractivity contribution in [3.05, 3.63) is 46.2 Å². The Morgan fingerprint density at radius 2 is 1.71 bits per heavy atom. The van der Waals surface area contributed by atoms with Crippen molar-refractivity contribution in [1.82, 2.24) is 20.2 Å². The van der Waals surface area contributed by atoms with E-state index in [0.717, 1.165) is 24.2 Å². The lowest BCUT2D eigenvalue weighted by atomic mass is 8.94. The van der Waals surface area contributed by atoms with Crippen LogP contribution in [0.15, 0.2) is 29.8 Å². The Bertz CT molecular complexity index is 1500. The first-order valence-electron chi connectivity index (χ1n) is 16.5. The first-order valence-corrected chi connectivity index (χ1v) is 17.4. The molecule has 240 valence electrons. The van der Waals surface area contributed by atoms with E-state index in [1.165, 1.54) is 18.3 Å². The number of esters is 1. The molecule has 6 aliphatic carbocycles. The number of nitrogens with one attached hydrogen (secondary N) is 1. The van der Waals surface area contributed by atoms with Crippen LogP contribution in [0.25, 0.3) is 0 Å². The number of aromatic nitrogens is 2. The Morgan fingerprint density at radius 3 is 2.27 bits per heavy atom. The zero-order valence-electron chi connectivity index (χ0n) is 27.2. The van der Waals surface area contributed by atoms with E-state index in [0.29, 0.717) is 46.0 Å². The van der Waals surface area contributed by atoms with E-state index in [1.54, 1.807) is 41.7 Å². The molecule has 0 saturated heterocycles. The number of thiazole rings is 1. The molecule has 6 saturated carbocycles. The number of rotatable bonds is 14. The number of pyridine rings is 1. The number of carbonyl (C=O) groups is 4. The summed E-state index contributed by atoms with van der Waals surface area (Å²) in [5.41, 5.74) is 1.32. The van der Waals surface area contributed by atoms with Crippen LogP contribution in [0.1, 0.15) is 92.9 Å². The number of amides is 2. The molecule has 0 aliphatic heterocycles. The maximum Gasteiger partial charge on any atom is 0.303 e. The quantitative estimate of drug-likeness (QED) is 0.225. The lowest BCUT2D eigenvalue weighted by molar-refractivity contribution is -0.620. The van der Waals surface area contributed by atoms with Crippen molar-refractivity contribution in [3.8, 4) is 0 Å². The standard InChI is InChI=1S/C35H44N4O5S/c1-8-17(4)19(13-23(41)20-11-9-10-12-36-20)33(43)39(7)22(16(2)3)14-24(44-18(5)40)32-37-21(15-45-32)31(42)38-35-28-25-29(35)27-30(35)26(28)34(25,27)6/h9-12,15-17,19,22,24-30H,8,13-14H2,1-7H3,(H,38,42)/t17-,19-,22+,24+,25?,26?,27?,28?,29?,30?,34?,35?/m0/s1. The van der Waals surface area contributed by atoms with E-state index < -0.39 is 18.0 Å². The summed E-state index contributed by atoms with van der Waals surface area (Å²) in [4.78, 5) is 63.4. The van der Waals surface area contributed by atoms with Crippen LogP contribution in [0.4, 0.5) is 0 Å². The molecule has 0 bridgehead atoms. The summed E-state index contributed by atoms with van der Waals surface area (Å²) in [6.07, 6.45) is 2.02. The number of nitrogens with zero attached hydrogens (tertiary/aromatic N) is 3. The Morgan fingerprint density at radius 1 is 1.04 bits per heavy atom. The van der Waals surface area contributed by atoms with Crippen molar-refractivity contribution in [3.63, 3.8) is 0 Å². The minimum atomic E-state index is -0.711. The van der Waals surface area contributed by atoms with Gasteiger partial charge in [0.05, 0.1) is 5.54 Å². The Balaban J connectivity index is 1.05. The SMILES string of the molecule is CC[C@H](C)[C@H](CC(=O)c1ccccn1)C(=O)N(C)[C@H](C[C@@H](OC(C)=O)c1nc(C(=O)NC23C4C5C2C2C3C4C52C)cs1)C(C)C. The van der Waals surface area contributed by atoms with Crippen LogP contribution in [0.2, 0.25) is 0 Å². The summed E-state index contributed by atoms with van der Waals surface area (Å²) in [7, 11) is 1.77. The largest absolute Gasteiger partial charge is 0.455 e. The van der Waals surface area contributed by atoms with Gasteiger partial charge in [0.25, 0.3) is 5.91 Å². The monoisotopic (exact) mass is 632 g/mol. The van der Waals surface area contributed by atoms with Crippen molar-refractivity contribution < 1.29 is 23.9 Å². The highest BCUT2D eigenvalue weighted by Crippen LogP contribution is 3.06. The topological polar surface area (TPSA) is 119 Å². The molecule has 45 heavy (non-hydrogen) atoms. The molecule has 9 nitrogen and oxygen atoms in total. The van der Waals surface area contributed by atoms with Crippen LogP contribution in [-0.2, 0) is 14.3 Å². The zero-order chi connectivity index (χ0) is 32.2. The first kappa shape index (κ1) is 30.5. The summed E-state index contributed by atoms with van der Waals surface area (Å²) in [5, 5.41) is 5.70. The summed E-state index contributed by atoms with van der Waals surface area (Å²) >= 11 is 1.31. The molecule has 0 unspecified atom stereocenters. The fourth-order valence-corrected chi connectivity index (χ4v) is 11.5. The maximum atomic E-state index is 14.0. The minimum absolute atomic E-state index is 0.0172. The van der Waals surface area contributed by atoms with Gasteiger partial charge in [-0.05, 0) is 64.9 Å². The number of hydrogen-bond acceptors (Lipinski definition) is 8. The molecule has 2 heterocycles. The second kappa shape index (κ2) is 10.4. The molecule has 8 rings (SSSR count). The summed E-state index contributed by atoms with van der Waals surface area (Å²) in [6.45, 7) is 11.9. The molecular weight excluding hydrogens is 588 g/mol. The minimum Gasteiger partial charge on any atom is -0.455 e. The molecule has 2 aromatic rings. The third kappa shape index (κ3) is 3.96. The molecule has 2 amide bonds. The Hall–Kier alpha value is -3.14. The van der Waals surface area contributed by atoms with Gasteiger partial charge in [0.1, 0.15) is 16.4 Å². The van der Waals surface area contributed by atoms with E-state index in [-0.39, 0.29) is 47.4 Å². The fraction of sp³-hybridized carbons (Fsp3) is 0.657. The first-order chi connectivity index (χ1) is 21.4. The maximum absolute atomic E-state index is 14.0. The molecular formula is C35H44N4O5S. The normalized spacial score (nSPS) is 34.8. The van der Waals surface area contributed by atoms with Gasteiger partial charge in [0.2, 0.25) is 5.91 Å². The van der Waals surface area contributed by atoms with Gasteiger partial charge in [0.15, 0.2) is 11.9 Å². The summed E-state index contributed by atoms with van der Waals surface area (Å²) in [6, 6.07) is 4.91. The predicted octanol–water partition coefficient (Wildman–Crippen LogP) is 5.19. The molecule has 2 aromatic heterocycles. The van der Waals surface area contributed by atoms with Gasteiger partial charge in [0, 0.05) is 50.3 Å². The molecule has 1 N–H and O–H groups in total. The number of ketones is 1. The second-order valence-corrected chi connectivity index (χ2v) is 15.8. The highest BCUT2D eigenvalue weighted by atomic mass is 32.1. The lowest BCUT2D eigenvalue weighted by Gasteiger charge is -3.11. The Kier molecular flexibility index (Phi) is 7.08. The van der Waals surface area contributed by atoms with E-state index in [1.807, 2.05) is 27.7 Å². The van der Waals surface area contributed by atoms with Crippen molar-refractivity contribution in [1.29, 1.82) is 0 Å². The van der Waals surface area contributed by atoms with Gasteiger partial charge in [-0.2, -0.15) is 0 Å². The third-order valence-corrected chi connectivity index (χ3v) is 13.8. The van der Waals surface area contributed by atoms with E-state index in [4.69, 9.17) is 4.74 Å². The number of hydrogen-bond donors (Lipinski definition) is 1. The molecule has 6 fully saturated rings. The van der Waals surface area contributed by atoms with E-state index >= 15 is 0 Å². The van der Waals surface area contributed by atoms with Gasteiger partial charge in [-0.25, -0.2) is 4.98 Å². The number of Topliss-reactive ketones (excluding diaryl/α,β-unsaturated/α-hetero) is 1. The fourth-order valence-electron chi connectivity index (χ4n) is 10.7. The highest BCUT2D eigenvalue weighted by Gasteiger charge is 3.09. The van der Waals surface area contributed by atoms with Crippen LogP contribution < -0.4 is 5.32 Å². The number of ether oxygens (including phenoxy) is 1. The van der Waals surface area contributed by atoms with E-state index in [2.05, 4.69) is 22.2 Å². The van der Waals surface area contributed by atoms with Gasteiger partial charge in [-0.3, -0.25) is 24.2 Å². The van der Waals surface area contributed by atoms with Gasteiger partial charge >= 0.3 is 5.97 Å². The van der Waals surface area contributed by atoms with Gasteiger partial charge < -0.3 is 15.0 Å². The van der Waals surface area contributed by atoms with Crippen LogP contribution in [-0.4, -0.2) is 57.1 Å². The van der Waals surface area contributed by atoms with Crippen LogP contribution in [0, 0.1) is 58.7 Å². The Labute approximate surface area is 268 Å². The molecule has 0 spiro atoms. The van der Waals surface area contributed by atoms with Crippen molar-refractivity contribution in [2.45, 2.75) is 78.5 Å². The van der Waals surface area contributed by atoms with Gasteiger partial charge in [-0.15, -0.1) is 11.3 Å². The molecule has 10 heteroatoms. The smallest absolute Gasteiger partial charge is 0.303 e. The average molecular weight is 633 g/mol. The van der Waals surface area contributed by atoms with Crippen molar-refractivity contribution in [2.75, 3.05) is 7.05 Å². The summed E-state index contributed by atoms with van der Waals surface area (Å²) in [5.74, 6) is 3.08. The van der Waals surface area contributed by atoms with Crippen molar-refractivity contribution >= 4 is 34.9 Å².